The highest BCUT2D eigenvalue weighted by molar-refractivity contribution is 5.90. The number of aliphatic hydroxyl groups excluding tert-OH is 3. The molecule has 5 atom stereocenters. The van der Waals surface area contributed by atoms with Crippen molar-refractivity contribution >= 4 is 16.9 Å². The summed E-state index contributed by atoms with van der Waals surface area (Å²) in [6.45, 7) is -0.111. The average Bonchev–Trinajstić information content (AvgIpc) is 3.40. The van der Waals surface area contributed by atoms with Gasteiger partial charge in [-0.3, -0.25) is 4.79 Å². The van der Waals surface area contributed by atoms with Crippen LogP contribution in [-0.4, -0.2) is 58.6 Å². The predicted octanol–water partition coefficient (Wildman–Crippen LogP) is 8.82. The Morgan fingerprint density at radius 1 is 0.551 bits per heavy atom. The second-order valence-corrected chi connectivity index (χ2v) is 16.2. The smallest absolute Gasteiger partial charge is 0.338 e. The molecule has 3 N–H and O–H groups in total. The molecule has 13 nitrogen and oxygen atoms in total. The number of carbonyl (C=O) groups excluding carboxylic acids is 1. The Morgan fingerprint density at radius 3 is 1.61 bits per heavy atom. The maximum atomic E-state index is 15.3. The zero-order valence-electron chi connectivity index (χ0n) is 37.2. The van der Waals surface area contributed by atoms with Gasteiger partial charge in [0.15, 0.2) is 29.5 Å². The quantitative estimate of drug-likeness (QED) is 0.0698. The normalized spacial score (nSPS) is 17.7. The third-order valence-corrected chi connectivity index (χ3v) is 11.4. The monoisotopic (exact) mass is 928 g/mol. The van der Waals surface area contributed by atoms with Crippen LogP contribution in [0.4, 0.5) is 0 Å². The van der Waals surface area contributed by atoms with Gasteiger partial charge in [-0.15, -0.1) is 0 Å². The first-order valence-electron chi connectivity index (χ1n) is 22.3. The molecule has 13 heteroatoms. The Morgan fingerprint density at radius 2 is 1.06 bits per heavy atom. The molecular weight excluding hydrogens is 881 g/mol. The van der Waals surface area contributed by atoms with Gasteiger partial charge in [-0.25, -0.2) is 4.79 Å². The lowest BCUT2D eigenvalue weighted by Crippen LogP contribution is -2.61. The molecule has 1 aromatic heterocycles. The van der Waals surface area contributed by atoms with E-state index in [0.717, 1.165) is 22.3 Å². The zero-order valence-corrected chi connectivity index (χ0v) is 37.2. The lowest BCUT2D eigenvalue weighted by atomic mass is 9.98. The van der Waals surface area contributed by atoms with Gasteiger partial charge >= 0.3 is 5.97 Å². The van der Waals surface area contributed by atoms with Crippen molar-refractivity contribution in [2.24, 2.45) is 0 Å². The van der Waals surface area contributed by atoms with E-state index >= 15 is 4.79 Å². The number of rotatable bonds is 18. The highest BCUT2D eigenvalue weighted by atomic mass is 16.7. The molecule has 0 amide bonds. The fraction of sp³-hybridized carbons (Fsp3) is 0.179. The van der Waals surface area contributed by atoms with Gasteiger partial charge < -0.3 is 52.9 Å². The Kier molecular flexibility index (Phi) is 14.6. The Bertz CT molecular complexity index is 3000. The minimum Gasteiger partial charge on any atom is -0.489 e. The van der Waals surface area contributed by atoms with E-state index in [9.17, 15) is 20.1 Å². The topological polar surface area (TPSA) is 173 Å². The van der Waals surface area contributed by atoms with Crippen molar-refractivity contribution in [3.05, 3.63) is 220 Å². The second-order valence-electron chi connectivity index (χ2n) is 16.2. The van der Waals surface area contributed by atoms with Crippen LogP contribution in [0.1, 0.15) is 32.6 Å². The van der Waals surface area contributed by atoms with Crippen molar-refractivity contribution in [1.82, 2.24) is 0 Å². The van der Waals surface area contributed by atoms with Crippen molar-refractivity contribution in [3.63, 3.8) is 0 Å². The molecule has 7 aromatic carbocycles. The zero-order chi connectivity index (χ0) is 47.5. The van der Waals surface area contributed by atoms with Crippen molar-refractivity contribution in [1.29, 1.82) is 0 Å². The number of fused-ring (bicyclic) bond motifs is 1. The Hall–Kier alpha value is -7.94. The molecule has 2 heterocycles. The molecular formula is C56H48O13. The molecule has 8 aromatic rings. The van der Waals surface area contributed by atoms with Gasteiger partial charge in [0.05, 0.1) is 12.2 Å². The number of carbonyl (C=O) groups is 1. The van der Waals surface area contributed by atoms with Crippen LogP contribution >= 0.6 is 0 Å². The fourth-order valence-corrected chi connectivity index (χ4v) is 7.74. The minimum atomic E-state index is -1.89. The number of hydrogen-bond acceptors (Lipinski definition) is 13. The Labute approximate surface area is 397 Å². The largest absolute Gasteiger partial charge is 0.489 e. The van der Waals surface area contributed by atoms with Crippen LogP contribution in [0.5, 0.6) is 28.7 Å². The van der Waals surface area contributed by atoms with Crippen molar-refractivity contribution in [2.45, 2.75) is 57.1 Å². The molecule has 1 saturated heterocycles. The Balaban J connectivity index is 1.17. The SMILES string of the molecule is O=C(O[C@@H]1[C@@H](O)[C@H](Oc2c(-c3ccc(OCc4ccccc4)c(OCc4ccccc4)c3)oc3cc(OCc4ccccc4)cc(OCc4ccccc4)c3c2=O)O[C@H](CO)[C@H]1O)c1ccccc1. The standard InChI is InChI=1S/C56H48O13/c57-31-47-49(58)53(68-55(61)40-24-14-5-15-25-40)51(60)56(67-47)69-54-50(59)48-45(65-35-39-22-12-4-13-23-39)29-42(62-32-36-16-6-1-7-17-36)30-46(48)66-52(54)41-26-27-43(63-33-37-18-8-2-9-19-37)44(28-41)64-34-38-20-10-3-11-21-38/h1-30,47,49,51,53,56-58,60H,31-35H2/t47-,49-,51-,53+,56+/m1/s1. The summed E-state index contributed by atoms with van der Waals surface area (Å²) in [5, 5.41) is 33.4. The number of benzene rings is 7. The number of esters is 1. The van der Waals surface area contributed by atoms with E-state index in [2.05, 4.69) is 0 Å². The molecule has 0 unspecified atom stereocenters. The highest BCUT2D eigenvalue weighted by Crippen LogP contribution is 2.41. The lowest BCUT2D eigenvalue weighted by molar-refractivity contribution is -0.277. The molecule has 0 saturated carbocycles. The molecule has 0 radical (unpaired) electrons. The van der Waals surface area contributed by atoms with Crippen LogP contribution in [0.2, 0.25) is 0 Å². The van der Waals surface area contributed by atoms with Gasteiger partial charge in [0.1, 0.15) is 61.1 Å². The van der Waals surface area contributed by atoms with Crippen LogP contribution in [0.15, 0.2) is 191 Å². The van der Waals surface area contributed by atoms with Crippen LogP contribution in [0, 0.1) is 0 Å². The lowest BCUT2D eigenvalue weighted by Gasteiger charge is -2.41. The third-order valence-electron chi connectivity index (χ3n) is 11.4. The molecule has 0 spiro atoms. The summed E-state index contributed by atoms with van der Waals surface area (Å²) in [5.41, 5.74) is 3.30. The molecule has 1 aliphatic rings. The van der Waals surface area contributed by atoms with E-state index in [1.54, 1.807) is 48.5 Å². The molecule has 1 aliphatic heterocycles. The molecule has 69 heavy (non-hydrogen) atoms. The summed E-state index contributed by atoms with van der Waals surface area (Å²) in [5.74, 6) is -0.287. The van der Waals surface area contributed by atoms with Crippen LogP contribution in [0.3, 0.4) is 0 Å². The number of ether oxygens (including phenoxy) is 7. The van der Waals surface area contributed by atoms with Crippen molar-refractivity contribution < 1.29 is 57.7 Å². The van der Waals surface area contributed by atoms with Gasteiger partial charge in [-0.1, -0.05) is 140 Å². The first kappa shape index (κ1) is 46.2. The summed E-state index contributed by atoms with van der Waals surface area (Å²) >= 11 is 0. The molecule has 1 fully saturated rings. The number of aliphatic hydroxyl groups is 3. The van der Waals surface area contributed by atoms with Gasteiger partial charge in [0.25, 0.3) is 0 Å². The van der Waals surface area contributed by atoms with E-state index in [4.69, 9.17) is 37.6 Å². The summed E-state index contributed by atoms with van der Waals surface area (Å²) in [4.78, 5) is 28.6. The van der Waals surface area contributed by atoms with E-state index in [1.807, 2.05) is 121 Å². The predicted molar refractivity (Wildman–Crippen MR) is 255 cm³/mol. The first-order chi connectivity index (χ1) is 33.8. The van der Waals surface area contributed by atoms with Crippen LogP contribution in [0.25, 0.3) is 22.3 Å². The minimum absolute atomic E-state index is 0.0313. The molecule has 0 aliphatic carbocycles. The fourth-order valence-electron chi connectivity index (χ4n) is 7.74. The third kappa shape index (κ3) is 11.1. The van der Waals surface area contributed by atoms with Gasteiger partial charge in [-0.2, -0.15) is 0 Å². The number of hydrogen-bond donors (Lipinski definition) is 3. The van der Waals surface area contributed by atoms with Crippen LogP contribution < -0.4 is 29.1 Å². The van der Waals surface area contributed by atoms with E-state index < -0.39 is 54.5 Å². The van der Waals surface area contributed by atoms with Crippen molar-refractivity contribution in [2.75, 3.05) is 6.61 Å². The molecule has 9 rings (SSSR count). The first-order valence-corrected chi connectivity index (χ1v) is 22.3. The van der Waals surface area contributed by atoms with E-state index in [0.29, 0.717) is 17.2 Å². The summed E-state index contributed by atoms with van der Waals surface area (Å²) in [6, 6.07) is 54.3. The molecule has 0 bridgehead atoms. The van der Waals surface area contributed by atoms with E-state index in [-0.39, 0.29) is 60.0 Å². The van der Waals surface area contributed by atoms with Gasteiger partial charge in [0, 0.05) is 17.7 Å². The summed E-state index contributed by atoms with van der Waals surface area (Å²) < 4.78 is 50.1. The molecule has 350 valence electrons. The summed E-state index contributed by atoms with van der Waals surface area (Å²) in [7, 11) is 0. The van der Waals surface area contributed by atoms with Gasteiger partial charge in [0.2, 0.25) is 17.5 Å². The van der Waals surface area contributed by atoms with Gasteiger partial charge in [-0.05, 0) is 52.6 Å². The second kappa shape index (κ2) is 21.8. The van der Waals surface area contributed by atoms with Crippen molar-refractivity contribution in [3.8, 4) is 40.1 Å². The van der Waals surface area contributed by atoms with Crippen LogP contribution in [-0.2, 0) is 35.9 Å². The maximum Gasteiger partial charge on any atom is 0.338 e. The average molecular weight is 929 g/mol. The summed E-state index contributed by atoms with van der Waals surface area (Å²) in [6.07, 6.45) is -8.47. The highest BCUT2D eigenvalue weighted by Gasteiger charge is 2.48. The van der Waals surface area contributed by atoms with E-state index in [1.165, 1.54) is 12.1 Å². The maximum absolute atomic E-state index is 15.3.